The Kier molecular flexibility index (Phi) is 4.45. The maximum atomic E-state index is 11.8. The Bertz CT molecular complexity index is 416. The lowest BCUT2D eigenvalue weighted by Crippen LogP contribution is -2.57. The lowest BCUT2D eigenvalue weighted by atomic mass is 9.74. The normalized spacial score (nSPS) is 31.8. The number of carbonyl (C=O) groups excluding carboxylic acids is 3. The van der Waals surface area contributed by atoms with Crippen molar-refractivity contribution in [2.24, 2.45) is 5.92 Å². The zero-order valence-corrected chi connectivity index (χ0v) is 12.1. The van der Waals surface area contributed by atoms with E-state index in [0.29, 0.717) is 12.8 Å². The summed E-state index contributed by atoms with van der Waals surface area (Å²) in [5.74, 6) is -0.600. The Morgan fingerprint density at radius 2 is 2.10 bits per heavy atom. The van der Waals surface area contributed by atoms with Crippen LogP contribution < -0.4 is 0 Å². The first kappa shape index (κ1) is 15.0. The van der Waals surface area contributed by atoms with Gasteiger partial charge in [-0.3, -0.25) is 14.4 Å². The molecule has 5 nitrogen and oxygen atoms in total. The molecule has 1 saturated carbocycles. The lowest BCUT2D eigenvalue weighted by molar-refractivity contribution is -0.218. The average Bonchev–Trinajstić information content (AvgIpc) is 2.38. The van der Waals surface area contributed by atoms with Crippen LogP contribution in [0.5, 0.6) is 0 Å². The van der Waals surface area contributed by atoms with E-state index in [9.17, 15) is 14.4 Å². The van der Waals surface area contributed by atoms with Crippen LogP contribution in [0.2, 0.25) is 0 Å². The van der Waals surface area contributed by atoms with Gasteiger partial charge in [0.25, 0.3) is 0 Å². The van der Waals surface area contributed by atoms with Crippen molar-refractivity contribution in [3.63, 3.8) is 0 Å². The molecule has 3 unspecified atom stereocenters. The molecule has 5 heteroatoms. The fraction of sp³-hybridized carbons (Fsp3) is 0.800. The lowest BCUT2D eigenvalue weighted by Gasteiger charge is -2.47. The third-order valence-electron chi connectivity index (χ3n) is 4.25. The van der Waals surface area contributed by atoms with E-state index in [4.69, 9.17) is 9.47 Å². The predicted octanol–water partition coefficient (Wildman–Crippen LogP) is 2.16. The molecule has 0 aromatic heterocycles. The number of hydrogen-bond acceptors (Lipinski definition) is 5. The smallest absolute Gasteiger partial charge is 0.309 e. The molecule has 1 aliphatic carbocycles. The van der Waals surface area contributed by atoms with Crippen molar-refractivity contribution >= 4 is 17.7 Å². The molecule has 2 heterocycles. The molecule has 0 aromatic rings. The highest BCUT2D eigenvalue weighted by molar-refractivity contribution is 5.83. The van der Waals surface area contributed by atoms with E-state index in [1.807, 2.05) is 13.8 Å². The highest BCUT2D eigenvalue weighted by Gasteiger charge is 2.52. The summed E-state index contributed by atoms with van der Waals surface area (Å²) in [7, 11) is 0. The van der Waals surface area contributed by atoms with Gasteiger partial charge in [0.15, 0.2) is 0 Å². The van der Waals surface area contributed by atoms with Crippen LogP contribution >= 0.6 is 0 Å². The summed E-state index contributed by atoms with van der Waals surface area (Å²) < 4.78 is 10.8. The van der Waals surface area contributed by atoms with Gasteiger partial charge in [0, 0.05) is 19.3 Å². The molecule has 0 aromatic carbocycles. The van der Waals surface area contributed by atoms with Gasteiger partial charge >= 0.3 is 11.9 Å². The van der Waals surface area contributed by atoms with Crippen LogP contribution in [0.4, 0.5) is 0 Å². The Morgan fingerprint density at radius 3 is 2.70 bits per heavy atom. The van der Waals surface area contributed by atoms with Crippen LogP contribution in [0.15, 0.2) is 0 Å². The number of esters is 2. The van der Waals surface area contributed by atoms with Gasteiger partial charge in [-0.2, -0.15) is 0 Å². The number of ether oxygens (including phenoxy) is 2. The van der Waals surface area contributed by atoms with Gasteiger partial charge in [-0.1, -0.05) is 6.92 Å². The first-order valence-electron chi connectivity index (χ1n) is 7.38. The SMILES string of the molecule is CCCC(=O)CCC(=O)OC1CC2CCC1(C)OC2=O. The molecule has 20 heavy (non-hydrogen) atoms. The van der Waals surface area contributed by atoms with Crippen molar-refractivity contribution in [3.8, 4) is 0 Å². The van der Waals surface area contributed by atoms with Gasteiger partial charge in [0.1, 0.15) is 17.5 Å². The number of carbonyl (C=O) groups is 3. The van der Waals surface area contributed by atoms with Crippen molar-refractivity contribution in [1.82, 2.24) is 0 Å². The van der Waals surface area contributed by atoms with Crippen LogP contribution in [-0.4, -0.2) is 29.4 Å². The molecule has 0 N–H and O–H groups in total. The predicted molar refractivity (Wildman–Crippen MR) is 70.9 cm³/mol. The van der Waals surface area contributed by atoms with Crippen LogP contribution in [0.1, 0.15) is 58.8 Å². The maximum Gasteiger partial charge on any atom is 0.309 e. The van der Waals surface area contributed by atoms with Crippen LogP contribution in [-0.2, 0) is 23.9 Å². The van der Waals surface area contributed by atoms with Gasteiger partial charge in [-0.05, 0) is 26.2 Å². The van der Waals surface area contributed by atoms with E-state index in [2.05, 4.69) is 0 Å². The van der Waals surface area contributed by atoms with E-state index in [1.54, 1.807) is 0 Å². The Labute approximate surface area is 119 Å². The largest absolute Gasteiger partial charge is 0.458 e. The Morgan fingerprint density at radius 1 is 1.35 bits per heavy atom. The molecule has 0 amide bonds. The van der Waals surface area contributed by atoms with Crippen LogP contribution in [0.3, 0.4) is 0 Å². The van der Waals surface area contributed by atoms with Crippen molar-refractivity contribution in [3.05, 3.63) is 0 Å². The molecule has 3 fully saturated rings. The first-order valence-corrected chi connectivity index (χ1v) is 7.38. The van der Waals surface area contributed by atoms with Gasteiger partial charge < -0.3 is 9.47 Å². The second-order valence-electron chi connectivity index (χ2n) is 5.97. The van der Waals surface area contributed by atoms with Crippen molar-refractivity contribution in [2.75, 3.05) is 0 Å². The summed E-state index contributed by atoms with van der Waals surface area (Å²) >= 11 is 0. The van der Waals surface area contributed by atoms with Crippen LogP contribution in [0.25, 0.3) is 0 Å². The summed E-state index contributed by atoms with van der Waals surface area (Å²) in [5.41, 5.74) is -0.686. The summed E-state index contributed by atoms with van der Waals surface area (Å²) in [5, 5.41) is 0. The minimum atomic E-state index is -0.686. The molecular weight excluding hydrogens is 260 g/mol. The number of Topliss-reactive ketones (excluding diaryl/α,β-unsaturated/α-hetero) is 1. The third kappa shape index (κ3) is 3.19. The standard InChI is InChI=1S/C15H22O5/c1-3-4-11(16)5-6-13(17)19-12-9-10-7-8-15(12,2)20-14(10)18/h10,12H,3-9H2,1-2H3. The summed E-state index contributed by atoms with van der Waals surface area (Å²) in [6, 6.07) is 0. The number of fused-ring (bicyclic) bond motifs is 3. The van der Waals surface area contributed by atoms with Crippen molar-refractivity contribution in [1.29, 1.82) is 0 Å². The molecule has 0 radical (unpaired) electrons. The van der Waals surface area contributed by atoms with E-state index < -0.39 is 5.60 Å². The number of rotatable bonds is 6. The molecule has 3 rings (SSSR count). The number of hydrogen-bond donors (Lipinski definition) is 0. The zero-order chi connectivity index (χ0) is 14.8. The molecule has 3 aliphatic rings. The second kappa shape index (κ2) is 5.94. The molecule has 112 valence electrons. The highest BCUT2D eigenvalue weighted by atomic mass is 16.6. The molecular formula is C15H22O5. The fourth-order valence-electron chi connectivity index (χ4n) is 2.93. The Hall–Kier alpha value is -1.39. The van der Waals surface area contributed by atoms with Gasteiger partial charge in [0.2, 0.25) is 0 Å². The number of ketones is 1. The molecule has 3 atom stereocenters. The van der Waals surface area contributed by atoms with E-state index >= 15 is 0 Å². The van der Waals surface area contributed by atoms with Crippen LogP contribution in [0, 0.1) is 5.92 Å². The topological polar surface area (TPSA) is 69.7 Å². The quantitative estimate of drug-likeness (QED) is 0.698. The molecule has 2 bridgehead atoms. The zero-order valence-electron chi connectivity index (χ0n) is 12.1. The first-order chi connectivity index (χ1) is 9.44. The van der Waals surface area contributed by atoms with E-state index in [0.717, 1.165) is 19.3 Å². The summed E-state index contributed by atoms with van der Waals surface area (Å²) in [6.07, 6.45) is 3.37. The van der Waals surface area contributed by atoms with Gasteiger partial charge in [0.05, 0.1) is 12.3 Å². The third-order valence-corrected chi connectivity index (χ3v) is 4.25. The van der Waals surface area contributed by atoms with Crippen molar-refractivity contribution < 1.29 is 23.9 Å². The Balaban J connectivity index is 1.83. The molecule has 2 saturated heterocycles. The summed E-state index contributed by atoms with van der Waals surface area (Å²) in [4.78, 5) is 34.8. The average molecular weight is 282 g/mol. The second-order valence-corrected chi connectivity index (χ2v) is 5.97. The van der Waals surface area contributed by atoms with E-state index in [1.165, 1.54) is 0 Å². The minimum Gasteiger partial charge on any atom is -0.458 e. The minimum absolute atomic E-state index is 0.0901. The fourth-order valence-corrected chi connectivity index (χ4v) is 2.93. The van der Waals surface area contributed by atoms with Gasteiger partial charge in [-0.25, -0.2) is 0 Å². The molecule has 0 spiro atoms. The maximum absolute atomic E-state index is 11.8. The highest BCUT2D eigenvalue weighted by Crippen LogP contribution is 2.43. The monoisotopic (exact) mass is 282 g/mol. The summed E-state index contributed by atoms with van der Waals surface area (Å²) in [6.45, 7) is 3.75. The van der Waals surface area contributed by atoms with E-state index in [-0.39, 0.29) is 42.6 Å². The molecule has 2 aliphatic heterocycles. The van der Waals surface area contributed by atoms with Crippen molar-refractivity contribution in [2.45, 2.75) is 70.5 Å². The van der Waals surface area contributed by atoms with Gasteiger partial charge in [-0.15, -0.1) is 0 Å².